The van der Waals surface area contributed by atoms with Gasteiger partial charge in [-0.3, -0.25) is 9.78 Å². The number of hydrogen-bond acceptors (Lipinski definition) is 4. The summed E-state index contributed by atoms with van der Waals surface area (Å²) in [6, 6.07) is 2.61. The molecule has 1 aromatic heterocycles. The predicted octanol–water partition coefficient (Wildman–Crippen LogP) is 0.353. The fraction of sp³-hybridized carbons (Fsp3) is 0.400. The van der Waals surface area contributed by atoms with Crippen LogP contribution in [0.1, 0.15) is 11.4 Å². The molecule has 0 fully saturated rings. The smallest absolute Gasteiger partial charge is 0.320 e. The van der Waals surface area contributed by atoms with Gasteiger partial charge in [0.15, 0.2) is 0 Å². The highest BCUT2D eigenvalue weighted by molar-refractivity contribution is 5.73. The summed E-state index contributed by atoms with van der Waals surface area (Å²) < 4.78 is 5.07. The van der Waals surface area contributed by atoms with E-state index in [0.29, 0.717) is 11.4 Å². The van der Waals surface area contributed by atoms with Crippen molar-refractivity contribution in [3.05, 3.63) is 23.5 Å². The predicted molar refractivity (Wildman–Crippen MR) is 54.8 cm³/mol. The summed E-state index contributed by atoms with van der Waals surface area (Å²) in [5.41, 5.74) is 6.81. The molecule has 0 amide bonds. The van der Waals surface area contributed by atoms with E-state index in [1.54, 1.807) is 12.1 Å². The summed E-state index contributed by atoms with van der Waals surface area (Å²) >= 11 is 0. The van der Waals surface area contributed by atoms with E-state index in [-0.39, 0.29) is 6.42 Å². The molecule has 1 rings (SSSR count). The Labute approximate surface area is 87.9 Å². The van der Waals surface area contributed by atoms with Gasteiger partial charge in [-0.15, -0.1) is 0 Å². The van der Waals surface area contributed by atoms with Crippen LogP contribution in [-0.4, -0.2) is 29.2 Å². The number of pyridine rings is 1. The van der Waals surface area contributed by atoms with Gasteiger partial charge in [-0.2, -0.15) is 0 Å². The molecular formula is C10H14N2O3. The molecule has 0 saturated heterocycles. The molecule has 0 aliphatic carbocycles. The quantitative estimate of drug-likeness (QED) is 0.749. The summed E-state index contributed by atoms with van der Waals surface area (Å²) in [7, 11) is 1.52. The molecule has 0 saturated carbocycles. The van der Waals surface area contributed by atoms with E-state index in [1.165, 1.54) is 7.11 Å². The Morgan fingerprint density at radius 3 is 2.87 bits per heavy atom. The zero-order chi connectivity index (χ0) is 11.4. The molecule has 0 aliphatic rings. The summed E-state index contributed by atoms with van der Waals surface area (Å²) in [6.45, 7) is 1.83. The number of nitrogens with zero attached hydrogens (tertiary/aromatic N) is 1. The maximum atomic E-state index is 10.6. The Morgan fingerprint density at radius 1 is 1.67 bits per heavy atom. The number of nitrogens with two attached hydrogens (primary N) is 1. The number of methoxy groups -OCH3 is 1. The largest absolute Gasteiger partial charge is 0.495 e. The molecule has 82 valence electrons. The van der Waals surface area contributed by atoms with Crippen LogP contribution in [0.5, 0.6) is 5.75 Å². The molecule has 0 aromatic carbocycles. The maximum absolute atomic E-state index is 10.6. The van der Waals surface area contributed by atoms with E-state index in [2.05, 4.69) is 4.98 Å². The van der Waals surface area contributed by atoms with E-state index in [9.17, 15) is 4.79 Å². The lowest BCUT2D eigenvalue weighted by atomic mass is 10.1. The highest BCUT2D eigenvalue weighted by atomic mass is 16.5. The van der Waals surface area contributed by atoms with Crippen molar-refractivity contribution in [3.8, 4) is 5.75 Å². The fourth-order valence-electron chi connectivity index (χ4n) is 1.23. The number of hydrogen-bond donors (Lipinski definition) is 2. The Bertz CT molecular complexity index is 366. The topological polar surface area (TPSA) is 85.4 Å². The van der Waals surface area contributed by atoms with Crippen molar-refractivity contribution >= 4 is 5.97 Å². The summed E-state index contributed by atoms with van der Waals surface area (Å²) in [6.07, 6.45) is 0.167. The second kappa shape index (κ2) is 4.75. The molecule has 0 spiro atoms. The second-order valence-corrected chi connectivity index (χ2v) is 3.25. The molecule has 1 atom stereocenters. The molecule has 1 heterocycles. The molecule has 5 nitrogen and oxygen atoms in total. The van der Waals surface area contributed by atoms with Crippen LogP contribution in [-0.2, 0) is 11.2 Å². The monoisotopic (exact) mass is 210 g/mol. The highest BCUT2D eigenvalue weighted by Crippen LogP contribution is 2.17. The molecule has 0 aliphatic heterocycles. The molecule has 0 bridgehead atoms. The lowest BCUT2D eigenvalue weighted by molar-refractivity contribution is -0.138. The van der Waals surface area contributed by atoms with Gasteiger partial charge in [0.2, 0.25) is 0 Å². The number of carbonyl (C=O) groups is 1. The average molecular weight is 210 g/mol. The van der Waals surface area contributed by atoms with E-state index < -0.39 is 12.0 Å². The number of rotatable bonds is 4. The van der Waals surface area contributed by atoms with Crippen molar-refractivity contribution in [1.29, 1.82) is 0 Å². The van der Waals surface area contributed by atoms with E-state index in [1.807, 2.05) is 6.92 Å². The number of aryl methyl sites for hydroxylation is 1. The normalized spacial score (nSPS) is 12.2. The number of carboxylic acids is 1. The molecule has 0 radical (unpaired) electrons. The van der Waals surface area contributed by atoms with E-state index >= 15 is 0 Å². The van der Waals surface area contributed by atoms with Crippen molar-refractivity contribution in [3.63, 3.8) is 0 Å². The number of carboxylic acid groups (broad SMARTS) is 1. The highest BCUT2D eigenvalue weighted by Gasteiger charge is 2.16. The van der Waals surface area contributed by atoms with Crippen LogP contribution in [0.2, 0.25) is 0 Å². The fourth-order valence-corrected chi connectivity index (χ4v) is 1.23. The van der Waals surface area contributed by atoms with Crippen molar-refractivity contribution in [2.24, 2.45) is 5.73 Å². The second-order valence-electron chi connectivity index (χ2n) is 3.25. The average Bonchev–Trinajstić information content (AvgIpc) is 2.18. The third kappa shape index (κ3) is 2.92. The number of ether oxygens (including phenoxy) is 1. The minimum absolute atomic E-state index is 0.167. The van der Waals surface area contributed by atoms with Crippen LogP contribution in [0.3, 0.4) is 0 Å². The van der Waals surface area contributed by atoms with Crippen molar-refractivity contribution in [1.82, 2.24) is 4.98 Å². The zero-order valence-electron chi connectivity index (χ0n) is 8.73. The van der Waals surface area contributed by atoms with Crippen LogP contribution in [0.25, 0.3) is 0 Å². The first-order valence-corrected chi connectivity index (χ1v) is 4.53. The molecule has 5 heteroatoms. The lowest BCUT2D eigenvalue weighted by Crippen LogP contribution is -2.32. The minimum Gasteiger partial charge on any atom is -0.495 e. The Kier molecular flexibility index (Phi) is 3.62. The van der Waals surface area contributed by atoms with E-state index in [0.717, 1.165) is 5.69 Å². The summed E-state index contributed by atoms with van der Waals surface area (Å²) in [5.74, 6) is -0.474. The summed E-state index contributed by atoms with van der Waals surface area (Å²) in [4.78, 5) is 14.8. The first-order chi connectivity index (χ1) is 7.04. The SMILES string of the molecule is COc1ccc(C)nc1CC(N)C(=O)O. The van der Waals surface area contributed by atoms with Crippen molar-refractivity contribution in [2.45, 2.75) is 19.4 Å². The number of aliphatic carboxylic acids is 1. The third-order valence-electron chi connectivity index (χ3n) is 2.02. The van der Waals surface area contributed by atoms with Crippen molar-refractivity contribution in [2.75, 3.05) is 7.11 Å². The van der Waals surface area contributed by atoms with Gasteiger partial charge >= 0.3 is 5.97 Å². The Morgan fingerprint density at radius 2 is 2.33 bits per heavy atom. The van der Waals surface area contributed by atoms with E-state index in [4.69, 9.17) is 15.6 Å². The van der Waals surface area contributed by atoms with Crippen molar-refractivity contribution < 1.29 is 14.6 Å². The third-order valence-corrected chi connectivity index (χ3v) is 2.02. The maximum Gasteiger partial charge on any atom is 0.320 e. The molecule has 1 unspecified atom stereocenters. The van der Waals surface area contributed by atoms with Gasteiger partial charge < -0.3 is 15.6 Å². The molecular weight excluding hydrogens is 196 g/mol. The standard InChI is InChI=1S/C10H14N2O3/c1-6-3-4-9(15-2)8(12-6)5-7(11)10(13)14/h3-4,7H,5,11H2,1-2H3,(H,13,14). The Hall–Kier alpha value is -1.62. The van der Waals surface area contributed by atoms with Gasteiger partial charge in [0, 0.05) is 12.1 Å². The number of aromatic nitrogens is 1. The van der Waals surface area contributed by atoms with Crippen LogP contribution in [0.15, 0.2) is 12.1 Å². The van der Waals surface area contributed by atoms with Gasteiger partial charge in [0.05, 0.1) is 12.8 Å². The van der Waals surface area contributed by atoms with Crippen LogP contribution >= 0.6 is 0 Å². The minimum atomic E-state index is -1.04. The first-order valence-electron chi connectivity index (χ1n) is 4.53. The van der Waals surface area contributed by atoms with Gasteiger partial charge in [-0.1, -0.05) is 0 Å². The molecule has 1 aromatic rings. The molecule has 3 N–H and O–H groups in total. The van der Waals surface area contributed by atoms with Gasteiger partial charge in [0.25, 0.3) is 0 Å². The van der Waals surface area contributed by atoms with Crippen LogP contribution < -0.4 is 10.5 Å². The summed E-state index contributed by atoms with van der Waals surface area (Å²) in [5, 5.41) is 8.68. The first kappa shape index (κ1) is 11.5. The van der Waals surface area contributed by atoms with Gasteiger partial charge in [0.1, 0.15) is 11.8 Å². The molecule has 15 heavy (non-hydrogen) atoms. The van der Waals surface area contributed by atoms with Crippen LogP contribution in [0, 0.1) is 6.92 Å². The Balaban J connectivity index is 2.91. The lowest BCUT2D eigenvalue weighted by Gasteiger charge is -2.10. The van der Waals surface area contributed by atoms with Gasteiger partial charge in [-0.05, 0) is 19.1 Å². The van der Waals surface area contributed by atoms with Gasteiger partial charge in [-0.25, -0.2) is 0 Å². The van der Waals surface area contributed by atoms with Crippen LogP contribution in [0.4, 0.5) is 0 Å². The zero-order valence-corrected chi connectivity index (χ0v) is 8.73.